The molecule has 0 rings (SSSR count). The second-order valence-corrected chi connectivity index (χ2v) is 7.53. The first-order valence-electron chi connectivity index (χ1n) is 7.54. The zero-order chi connectivity index (χ0) is 16.1. The van der Waals surface area contributed by atoms with Crippen LogP contribution in [0.4, 0.5) is 0 Å². The van der Waals surface area contributed by atoms with E-state index in [4.69, 9.17) is 5.73 Å². The number of Topliss-reactive ketones (excluding diaryl/α,β-unsaturated/α-hetero) is 1. The van der Waals surface area contributed by atoms with Crippen LogP contribution in [0.25, 0.3) is 0 Å². The molecule has 0 aromatic rings. The van der Waals surface area contributed by atoms with Crippen LogP contribution in [0.2, 0.25) is 0 Å². The Kier molecular flexibility index (Phi) is 7.42. The molecule has 0 saturated carbocycles. The zero-order valence-corrected chi connectivity index (χ0v) is 14.1. The van der Waals surface area contributed by atoms with Gasteiger partial charge >= 0.3 is 0 Å². The molecule has 1 amide bonds. The van der Waals surface area contributed by atoms with Crippen LogP contribution in [0.15, 0.2) is 0 Å². The summed E-state index contributed by atoms with van der Waals surface area (Å²) in [5.74, 6) is 0.000287. The van der Waals surface area contributed by atoms with Crippen LogP contribution in [0.5, 0.6) is 0 Å². The fourth-order valence-corrected chi connectivity index (χ4v) is 1.82. The first kappa shape index (κ1) is 19.1. The van der Waals surface area contributed by atoms with Crippen molar-refractivity contribution in [3.05, 3.63) is 0 Å². The van der Waals surface area contributed by atoms with Crippen LogP contribution in [-0.4, -0.2) is 23.8 Å². The molecule has 0 aromatic carbocycles. The lowest BCUT2D eigenvalue weighted by atomic mass is 9.86. The average molecular weight is 284 g/mol. The van der Waals surface area contributed by atoms with Gasteiger partial charge in [0.15, 0.2) is 5.78 Å². The summed E-state index contributed by atoms with van der Waals surface area (Å²) < 4.78 is 0. The molecule has 0 fully saturated rings. The van der Waals surface area contributed by atoms with E-state index in [0.717, 1.165) is 6.42 Å². The highest BCUT2D eigenvalue weighted by molar-refractivity contribution is 5.91. The Labute approximate surface area is 123 Å². The molecule has 0 saturated heterocycles. The molecule has 2 unspecified atom stereocenters. The Morgan fingerprint density at radius 1 is 1.05 bits per heavy atom. The number of nitrogens with two attached hydrogens (primary N) is 1. The number of rotatable bonds is 7. The molecule has 20 heavy (non-hydrogen) atoms. The van der Waals surface area contributed by atoms with E-state index in [1.165, 1.54) is 0 Å². The normalized spacial score (nSPS) is 15.3. The molecule has 4 heteroatoms. The minimum Gasteiger partial charge on any atom is -0.345 e. The Hall–Kier alpha value is -0.900. The molecule has 118 valence electrons. The predicted octanol–water partition coefficient (Wildman–Crippen LogP) is 2.51. The highest BCUT2D eigenvalue weighted by atomic mass is 16.2. The molecule has 0 aliphatic heterocycles. The Balaban J connectivity index is 4.65. The van der Waals surface area contributed by atoms with Crippen molar-refractivity contribution < 1.29 is 9.59 Å². The minimum absolute atomic E-state index is 0.0625. The van der Waals surface area contributed by atoms with Crippen molar-refractivity contribution in [3.8, 4) is 0 Å². The highest BCUT2D eigenvalue weighted by Crippen LogP contribution is 2.22. The molecular formula is C16H32N2O2. The van der Waals surface area contributed by atoms with E-state index in [1.807, 2.05) is 27.7 Å². The van der Waals surface area contributed by atoms with E-state index >= 15 is 0 Å². The molecule has 0 heterocycles. The van der Waals surface area contributed by atoms with Gasteiger partial charge in [-0.15, -0.1) is 0 Å². The molecule has 0 aromatic heterocycles. The van der Waals surface area contributed by atoms with Gasteiger partial charge in [0.2, 0.25) is 5.91 Å². The topological polar surface area (TPSA) is 72.2 Å². The summed E-state index contributed by atoms with van der Waals surface area (Å²) in [6.07, 6.45) is 1.31. The maximum Gasteiger partial charge on any atom is 0.237 e. The molecule has 2 atom stereocenters. The number of amides is 1. The summed E-state index contributed by atoms with van der Waals surface area (Å²) in [5, 5.41) is 2.82. The van der Waals surface area contributed by atoms with E-state index < -0.39 is 12.1 Å². The molecule has 0 aliphatic carbocycles. The van der Waals surface area contributed by atoms with E-state index in [-0.39, 0.29) is 28.9 Å². The summed E-state index contributed by atoms with van der Waals surface area (Å²) in [7, 11) is 0. The van der Waals surface area contributed by atoms with Gasteiger partial charge in [-0.3, -0.25) is 9.59 Å². The van der Waals surface area contributed by atoms with Crippen LogP contribution < -0.4 is 11.1 Å². The quantitative estimate of drug-likeness (QED) is 0.754. The lowest BCUT2D eigenvalue weighted by molar-refractivity contribution is -0.130. The standard InChI is InChI=1S/C16H32N2O2/c1-10(2)13(17)15(20)18-14(11(3)4)12(19)8-9-16(5,6)7/h10-11,13-14H,8-9,17H2,1-7H3,(H,18,20). The van der Waals surface area contributed by atoms with Gasteiger partial charge < -0.3 is 11.1 Å². The van der Waals surface area contributed by atoms with Gasteiger partial charge in [0.05, 0.1) is 12.1 Å². The van der Waals surface area contributed by atoms with Crippen molar-refractivity contribution in [1.82, 2.24) is 5.32 Å². The first-order valence-corrected chi connectivity index (χ1v) is 7.54. The SMILES string of the molecule is CC(C)C(N)C(=O)NC(C(=O)CCC(C)(C)C)C(C)C. The Bertz CT molecular complexity index is 330. The van der Waals surface area contributed by atoms with Crippen molar-refractivity contribution in [3.63, 3.8) is 0 Å². The third-order valence-electron chi connectivity index (χ3n) is 3.45. The monoisotopic (exact) mass is 284 g/mol. The lowest BCUT2D eigenvalue weighted by Crippen LogP contribution is -2.52. The third kappa shape index (κ3) is 7.04. The fourth-order valence-electron chi connectivity index (χ4n) is 1.82. The Morgan fingerprint density at radius 3 is 1.90 bits per heavy atom. The Morgan fingerprint density at radius 2 is 1.55 bits per heavy atom. The van der Waals surface area contributed by atoms with Gasteiger partial charge in [-0.05, 0) is 23.7 Å². The number of ketones is 1. The second-order valence-electron chi connectivity index (χ2n) is 7.53. The van der Waals surface area contributed by atoms with Gasteiger partial charge in [-0.25, -0.2) is 0 Å². The largest absolute Gasteiger partial charge is 0.345 e. The summed E-state index contributed by atoms with van der Waals surface area (Å²) in [4.78, 5) is 24.3. The van der Waals surface area contributed by atoms with E-state index in [2.05, 4.69) is 26.1 Å². The molecule has 4 nitrogen and oxygen atoms in total. The van der Waals surface area contributed by atoms with Crippen LogP contribution >= 0.6 is 0 Å². The number of carbonyl (C=O) groups is 2. The summed E-state index contributed by atoms with van der Waals surface area (Å²) in [5.41, 5.74) is 5.95. The van der Waals surface area contributed by atoms with Gasteiger partial charge in [0.25, 0.3) is 0 Å². The maximum atomic E-state index is 12.3. The molecule has 0 aliphatic rings. The smallest absolute Gasteiger partial charge is 0.237 e. The van der Waals surface area contributed by atoms with Gasteiger partial charge in [-0.1, -0.05) is 48.5 Å². The van der Waals surface area contributed by atoms with Crippen LogP contribution in [0.1, 0.15) is 61.3 Å². The predicted molar refractivity (Wildman–Crippen MR) is 83.3 cm³/mol. The number of hydrogen-bond acceptors (Lipinski definition) is 3. The number of carbonyl (C=O) groups excluding carboxylic acids is 2. The molecule has 0 bridgehead atoms. The van der Waals surface area contributed by atoms with Gasteiger partial charge in [0, 0.05) is 6.42 Å². The summed E-state index contributed by atoms with van der Waals surface area (Å²) >= 11 is 0. The molecule has 0 spiro atoms. The summed E-state index contributed by atoms with van der Waals surface area (Å²) in [6, 6.07) is -0.999. The third-order valence-corrected chi connectivity index (χ3v) is 3.45. The van der Waals surface area contributed by atoms with Crippen LogP contribution in [-0.2, 0) is 9.59 Å². The first-order chi connectivity index (χ1) is 8.95. The van der Waals surface area contributed by atoms with Crippen molar-refractivity contribution in [2.75, 3.05) is 0 Å². The van der Waals surface area contributed by atoms with Crippen molar-refractivity contribution in [2.24, 2.45) is 23.0 Å². The lowest BCUT2D eigenvalue weighted by Gasteiger charge is -2.25. The van der Waals surface area contributed by atoms with Crippen molar-refractivity contribution >= 4 is 11.7 Å². The molecule has 0 radical (unpaired) electrons. The van der Waals surface area contributed by atoms with Gasteiger partial charge in [-0.2, -0.15) is 0 Å². The fraction of sp³-hybridized carbons (Fsp3) is 0.875. The van der Waals surface area contributed by atoms with E-state index in [9.17, 15) is 9.59 Å². The number of hydrogen-bond donors (Lipinski definition) is 2. The van der Waals surface area contributed by atoms with Crippen molar-refractivity contribution in [2.45, 2.75) is 73.4 Å². The maximum absolute atomic E-state index is 12.3. The van der Waals surface area contributed by atoms with Gasteiger partial charge in [0.1, 0.15) is 0 Å². The van der Waals surface area contributed by atoms with Crippen molar-refractivity contribution in [1.29, 1.82) is 0 Å². The molecular weight excluding hydrogens is 252 g/mol. The molecule has 3 N–H and O–H groups in total. The average Bonchev–Trinajstić information content (AvgIpc) is 2.30. The number of nitrogens with one attached hydrogen (secondary N) is 1. The van der Waals surface area contributed by atoms with Crippen LogP contribution in [0.3, 0.4) is 0 Å². The minimum atomic E-state index is -0.563. The highest BCUT2D eigenvalue weighted by Gasteiger charge is 2.27. The van der Waals surface area contributed by atoms with E-state index in [1.54, 1.807) is 0 Å². The second kappa shape index (κ2) is 7.77. The summed E-state index contributed by atoms with van der Waals surface area (Å²) in [6.45, 7) is 14.0. The zero-order valence-electron chi connectivity index (χ0n) is 14.1. The van der Waals surface area contributed by atoms with Crippen LogP contribution in [0, 0.1) is 17.3 Å². The van der Waals surface area contributed by atoms with E-state index in [0.29, 0.717) is 6.42 Å².